The van der Waals surface area contributed by atoms with E-state index in [9.17, 15) is 9.59 Å². The third kappa shape index (κ3) is 4.16. The number of benzene rings is 2. The average Bonchev–Trinajstić information content (AvgIpc) is 3.49. The number of oxazole rings is 1. The van der Waals surface area contributed by atoms with Gasteiger partial charge in [-0.1, -0.05) is 12.1 Å². The lowest BCUT2D eigenvalue weighted by atomic mass is 10.1. The Hall–Kier alpha value is -4.53. The van der Waals surface area contributed by atoms with Gasteiger partial charge in [0.2, 0.25) is 11.7 Å². The fourth-order valence-electron chi connectivity index (χ4n) is 3.38. The molecule has 0 aliphatic heterocycles. The first-order valence-corrected chi connectivity index (χ1v) is 10.3. The fraction of sp³-hybridized carbons (Fsp3) is 0.125. The molecule has 0 atom stereocenters. The fourth-order valence-corrected chi connectivity index (χ4v) is 3.38. The highest BCUT2D eigenvalue weighted by Crippen LogP contribution is 2.25. The molecule has 0 saturated heterocycles. The third-order valence-electron chi connectivity index (χ3n) is 5.06. The smallest absolute Gasteiger partial charge is 0.338 e. The number of carbonyl (C=O) groups is 2. The van der Waals surface area contributed by atoms with Gasteiger partial charge in [-0.25, -0.2) is 19.7 Å². The molecule has 0 bridgehead atoms. The van der Waals surface area contributed by atoms with Gasteiger partial charge in [0.25, 0.3) is 5.91 Å². The lowest BCUT2D eigenvalue weighted by Crippen LogP contribution is -2.23. The highest BCUT2D eigenvalue weighted by Gasteiger charge is 2.13. The van der Waals surface area contributed by atoms with Crippen molar-refractivity contribution in [3.63, 3.8) is 0 Å². The van der Waals surface area contributed by atoms with Crippen LogP contribution in [-0.2, 0) is 11.3 Å². The predicted octanol–water partition coefficient (Wildman–Crippen LogP) is 3.64. The van der Waals surface area contributed by atoms with Crippen molar-refractivity contribution in [3.8, 4) is 11.5 Å². The molecule has 5 rings (SSSR count). The minimum atomic E-state index is -0.393. The zero-order valence-corrected chi connectivity index (χ0v) is 17.7. The van der Waals surface area contributed by atoms with Crippen LogP contribution in [0.2, 0.25) is 0 Å². The van der Waals surface area contributed by atoms with Gasteiger partial charge in [0.15, 0.2) is 5.58 Å². The first kappa shape index (κ1) is 20.4. The maximum atomic E-state index is 12.4. The van der Waals surface area contributed by atoms with Crippen molar-refractivity contribution in [1.82, 2.24) is 24.7 Å². The molecule has 1 amide bonds. The molecule has 0 saturated carbocycles. The molecule has 1 N–H and O–H groups in total. The maximum absolute atomic E-state index is 12.4. The molecule has 9 heteroatoms. The highest BCUT2D eigenvalue weighted by atomic mass is 16.5. The Bertz CT molecular complexity index is 1470. The van der Waals surface area contributed by atoms with Gasteiger partial charge in [-0.3, -0.25) is 9.20 Å². The van der Waals surface area contributed by atoms with Crippen molar-refractivity contribution >= 4 is 28.8 Å². The van der Waals surface area contributed by atoms with Crippen LogP contribution < -0.4 is 5.32 Å². The quantitative estimate of drug-likeness (QED) is 0.400. The van der Waals surface area contributed by atoms with Crippen LogP contribution in [0.15, 0.2) is 71.7 Å². The van der Waals surface area contributed by atoms with Gasteiger partial charge in [0.1, 0.15) is 5.52 Å². The van der Waals surface area contributed by atoms with Crippen LogP contribution in [0.4, 0.5) is 0 Å². The molecular formula is C24H19N5O4. The van der Waals surface area contributed by atoms with Gasteiger partial charge in [-0.05, 0) is 42.8 Å². The van der Waals surface area contributed by atoms with Crippen molar-refractivity contribution in [2.24, 2.45) is 0 Å². The highest BCUT2D eigenvalue weighted by molar-refractivity contribution is 5.94. The van der Waals surface area contributed by atoms with Gasteiger partial charge >= 0.3 is 5.97 Å². The Morgan fingerprint density at radius 3 is 2.76 bits per heavy atom. The molecule has 0 fully saturated rings. The number of nitrogens with zero attached hydrogens (tertiary/aromatic N) is 4. The first-order chi connectivity index (χ1) is 16.1. The summed E-state index contributed by atoms with van der Waals surface area (Å²) >= 11 is 0. The molecule has 9 nitrogen and oxygen atoms in total. The number of aromatic nitrogens is 4. The Kier molecular flexibility index (Phi) is 5.27. The van der Waals surface area contributed by atoms with E-state index in [1.165, 1.54) is 6.20 Å². The minimum Gasteiger partial charge on any atom is -0.462 e. The van der Waals surface area contributed by atoms with Crippen LogP contribution in [-0.4, -0.2) is 37.8 Å². The van der Waals surface area contributed by atoms with Gasteiger partial charge in [-0.15, -0.1) is 0 Å². The monoisotopic (exact) mass is 441 g/mol. The van der Waals surface area contributed by atoms with E-state index in [0.717, 1.165) is 11.1 Å². The minimum absolute atomic E-state index is 0.224. The van der Waals surface area contributed by atoms with Crippen LogP contribution in [0.3, 0.4) is 0 Å². The Morgan fingerprint density at radius 1 is 1.09 bits per heavy atom. The summed E-state index contributed by atoms with van der Waals surface area (Å²) in [6.45, 7) is 2.43. The van der Waals surface area contributed by atoms with E-state index in [-0.39, 0.29) is 5.91 Å². The molecule has 3 heterocycles. The molecule has 3 aromatic heterocycles. The topological polar surface area (TPSA) is 112 Å². The number of ether oxygens (including phenoxy) is 1. The average molecular weight is 441 g/mol. The van der Waals surface area contributed by atoms with Gasteiger partial charge in [-0.2, -0.15) is 0 Å². The Labute approximate surface area is 188 Å². The van der Waals surface area contributed by atoms with Crippen LogP contribution in [0.25, 0.3) is 28.3 Å². The second-order valence-corrected chi connectivity index (χ2v) is 7.28. The molecule has 5 aromatic rings. The molecule has 0 unspecified atom stereocenters. The summed E-state index contributed by atoms with van der Waals surface area (Å²) in [6.07, 6.45) is 6.55. The first-order valence-electron chi connectivity index (χ1n) is 10.3. The van der Waals surface area contributed by atoms with E-state index in [2.05, 4.69) is 20.3 Å². The summed E-state index contributed by atoms with van der Waals surface area (Å²) in [5.41, 5.74) is 3.75. The lowest BCUT2D eigenvalue weighted by Gasteiger charge is -2.06. The zero-order valence-electron chi connectivity index (χ0n) is 17.7. The molecule has 0 radical (unpaired) electrons. The lowest BCUT2D eigenvalue weighted by molar-refractivity contribution is 0.0526. The summed E-state index contributed by atoms with van der Waals surface area (Å²) in [5, 5.41) is 2.88. The number of hydrogen-bond donors (Lipinski definition) is 1. The van der Waals surface area contributed by atoms with Gasteiger partial charge in [0.05, 0.1) is 17.7 Å². The second-order valence-electron chi connectivity index (χ2n) is 7.28. The van der Waals surface area contributed by atoms with E-state index in [4.69, 9.17) is 9.15 Å². The number of esters is 1. The van der Waals surface area contributed by atoms with Crippen molar-refractivity contribution < 1.29 is 18.7 Å². The summed E-state index contributed by atoms with van der Waals surface area (Å²) in [5.74, 6) is 0.370. The third-order valence-corrected chi connectivity index (χ3v) is 5.06. The Balaban J connectivity index is 1.27. The molecule has 164 valence electrons. The van der Waals surface area contributed by atoms with Crippen LogP contribution in [0.1, 0.15) is 33.2 Å². The van der Waals surface area contributed by atoms with Crippen molar-refractivity contribution in [2.75, 3.05) is 6.61 Å². The molecular weight excluding hydrogens is 422 g/mol. The van der Waals surface area contributed by atoms with E-state index >= 15 is 0 Å². The molecule has 2 aromatic carbocycles. The predicted molar refractivity (Wildman–Crippen MR) is 120 cm³/mol. The summed E-state index contributed by atoms with van der Waals surface area (Å²) in [7, 11) is 0. The van der Waals surface area contributed by atoms with Gasteiger partial charge < -0.3 is 14.5 Å². The van der Waals surface area contributed by atoms with Crippen LogP contribution in [0, 0.1) is 0 Å². The number of carbonyl (C=O) groups excluding carboxylic acids is 2. The second kappa shape index (κ2) is 8.54. The SMILES string of the molecule is CCOC(=O)c1ccc2oc(-c3ccc(CNC(=O)c4cnc5nccn5c4)cc3)nc2c1. The number of fused-ring (bicyclic) bond motifs is 2. The van der Waals surface area contributed by atoms with E-state index in [1.807, 2.05) is 24.3 Å². The number of rotatable bonds is 6. The molecule has 0 spiro atoms. The molecule has 0 aliphatic rings. The largest absolute Gasteiger partial charge is 0.462 e. The van der Waals surface area contributed by atoms with E-state index in [1.54, 1.807) is 48.1 Å². The normalized spacial score (nSPS) is 11.1. The number of amides is 1. The number of imidazole rings is 1. The summed E-state index contributed by atoms with van der Waals surface area (Å²) in [4.78, 5) is 37.1. The molecule has 33 heavy (non-hydrogen) atoms. The van der Waals surface area contributed by atoms with Crippen LogP contribution in [0.5, 0.6) is 0 Å². The Morgan fingerprint density at radius 2 is 1.94 bits per heavy atom. The number of hydrogen-bond acceptors (Lipinski definition) is 7. The van der Waals surface area contributed by atoms with E-state index in [0.29, 0.717) is 47.0 Å². The van der Waals surface area contributed by atoms with E-state index < -0.39 is 5.97 Å². The zero-order chi connectivity index (χ0) is 22.8. The van der Waals surface area contributed by atoms with Crippen molar-refractivity contribution in [1.29, 1.82) is 0 Å². The van der Waals surface area contributed by atoms with Crippen molar-refractivity contribution in [2.45, 2.75) is 13.5 Å². The maximum Gasteiger partial charge on any atom is 0.338 e. The van der Waals surface area contributed by atoms with Gasteiger partial charge in [0, 0.05) is 36.9 Å². The van der Waals surface area contributed by atoms with Crippen molar-refractivity contribution in [3.05, 3.63) is 83.9 Å². The standard InChI is InChI=1S/C24H19N5O4/c1-2-32-23(31)17-7-8-20-19(11-17)28-22(33-20)16-5-3-15(4-6-16)12-26-21(30)18-13-27-24-25-9-10-29(24)14-18/h3-11,13-14H,2,12H2,1H3,(H,26,30). The summed E-state index contributed by atoms with van der Waals surface area (Å²) in [6, 6.07) is 12.5. The summed E-state index contributed by atoms with van der Waals surface area (Å²) < 4.78 is 12.5. The number of nitrogens with one attached hydrogen (secondary N) is 1. The molecule has 0 aliphatic carbocycles. The van der Waals surface area contributed by atoms with Crippen LogP contribution >= 0.6 is 0 Å².